The number of carboxylic acid groups (broad SMARTS) is 1. The van der Waals surface area contributed by atoms with Crippen molar-refractivity contribution in [3.8, 4) is 0 Å². The molecule has 1 amide bonds. The predicted molar refractivity (Wildman–Crippen MR) is 59.3 cm³/mol. The number of hydrogen-bond acceptors (Lipinski definition) is 3. The standard InChI is InChI=1S/C7H6BrN3O2S/c8-4-1-2-5(9-3-4)10-6(14)11-7(12)13/h1-3H,(H,12,13)(H2,9,10,11,14). The number of anilines is 1. The fourth-order valence-electron chi connectivity index (χ4n) is 0.694. The monoisotopic (exact) mass is 275 g/mol. The lowest BCUT2D eigenvalue weighted by atomic mass is 10.5. The van der Waals surface area contributed by atoms with E-state index in [1.54, 1.807) is 18.3 Å². The van der Waals surface area contributed by atoms with Crippen molar-refractivity contribution in [2.24, 2.45) is 0 Å². The van der Waals surface area contributed by atoms with Gasteiger partial charge in [-0.3, -0.25) is 5.32 Å². The first-order valence-electron chi connectivity index (χ1n) is 3.50. The zero-order valence-electron chi connectivity index (χ0n) is 6.82. The largest absolute Gasteiger partial charge is 0.465 e. The normalized spacial score (nSPS) is 9.21. The molecule has 0 spiro atoms. The fourth-order valence-corrected chi connectivity index (χ4v) is 1.12. The number of nitrogens with zero attached hydrogens (tertiary/aromatic N) is 1. The first-order valence-corrected chi connectivity index (χ1v) is 4.70. The summed E-state index contributed by atoms with van der Waals surface area (Å²) in [6.45, 7) is 0. The third-order valence-electron chi connectivity index (χ3n) is 1.19. The fraction of sp³-hybridized carbons (Fsp3) is 0. The first-order chi connectivity index (χ1) is 6.58. The SMILES string of the molecule is O=C(O)NC(=S)Nc1ccc(Br)cn1. The van der Waals surface area contributed by atoms with Gasteiger partial charge in [-0.25, -0.2) is 9.78 Å². The van der Waals surface area contributed by atoms with E-state index in [0.29, 0.717) is 5.82 Å². The highest BCUT2D eigenvalue weighted by molar-refractivity contribution is 9.10. The van der Waals surface area contributed by atoms with Crippen molar-refractivity contribution in [3.63, 3.8) is 0 Å². The average molecular weight is 276 g/mol. The van der Waals surface area contributed by atoms with E-state index in [0.717, 1.165) is 4.47 Å². The lowest BCUT2D eigenvalue weighted by Crippen LogP contribution is -2.32. The Hall–Kier alpha value is -1.21. The Balaban J connectivity index is 2.56. The van der Waals surface area contributed by atoms with Crippen LogP contribution in [0.25, 0.3) is 0 Å². The van der Waals surface area contributed by atoms with Crippen LogP contribution in [0.5, 0.6) is 0 Å². The third kappa shape index (κ3) is 3.67. The second kappa shape index (κ2) is 4.87. The Bertz CT molecular complexity index is 354. The van der Waals surface area contributed by atoms with Gasteiger partial charge in [0.2, 0.25) is 0 Å². The van der Waals surface area contributed by atoms with Crippen molar-refractivity contribution in [1.82, 2.24) is 10.3 Å². The van der Waals surface area contributed by atoms with E-state index in [-0.39, 0.29) is 5.11 Å². The Morgan fingerprint density at radius 1 is 1.57 bits per heavy atom. The summed E-state index contributed by atoms with van der Waals surface area (Å²) in [6.07, 6.45) is 0.366. The van der Waals surface area contributed by atoms with Gasteiger partial charge in [0.15, 0.2) is 5.11 Å². The molecule has 0 saturated carbocycles. The minimum Gasteiger partial charge on any atom is -0.465 e. The second-order valence-corrected chi connectivity index (χ2v) is 3.57. The van der Waals surface area contributed by atoms with Crippen LogP contribution in [0.1, 0.15) is 0 Å². The van der Waals surface area contributed by atoms with E-state index < -0.39 is 6.09 Å². The molecule has 5 nitrogen and oxygen atoms in total. The quantitative estimate of drug-likeness (QED) is 0.682. The molecule has 0 saturated heterocycles. The van der Waals surface area contributed by atoms with Gasteiger partial charge in [-0.15, -0.1) is 0 Å². The lowest BCUT2D eigenvalue weighted by molar-refractivity contribution is 0.200. The first kappa shape index (κ1) is 10.9. The topological polar surface area (TPSA) is 74.2 Å². The van der Waals surface area contributed by atoms with Crippen LogP contribution in [-0.2, 0) is 0 Å². The van der Waals surface area contributed by atoms with Crippen molar-refractivity contribution in [2.75, 3.05) is 5.32 Å². The highest BCUT2D eigenvalue weighted by atomic mass is 79.9. The molecule has 1 aromatic heterocycles. The maximum absolute atomic E-state index is 10.2. The van der Waals surface area contributed by atoms with E-state index in [1.165, 1.54) is 0 Å². The zero-order chi connectivity index (χ0) is 10.6. The van der Waals surface area contributed by atoms with E-state index >= 15 is 0 Å². The molecule has 0 aromatic carbocycles. The van der Waals surface area contributed by atoms with E-state index in [1.807, 2.05) is 5.32 Å². The average Bonchev–Trinajstić information content (AvgIpc) is 2.07. The number of nitrogens with one attached hydrogen (secondary N) is 2. The molecule has 3 N–H and O–H groups in total. The summed E-state index contributed by atoms with van der Waals surface area (Å²) in [5.74, 6) is 0.479. The van der Waals surface area contributed by atoms with Gasteiger partial charge in [-0.05, 0) is 40.3 Å². The number of amides is 1. The lowest BCUT2D eigenvalue weighted by Gasteiger charge is -2.05. The van der Waals surface area contributed by atoms with Crippen LogP contribution in [0.3, 0.4) is 0 Å². The molecule has 0 aliphatic rings. The molecule has 74 valence electrons. The smallest absolute Gasteiger partial charge is 0.410 e. The van der Waals surface area contributed by atoms with E-state index in [9.17, 15) is 4.79 Å². The molecular weight excluding hydrogens is 270 g/mol. The minimum atomic E-state index is -1.21. The molecule has 14 heavy (non-hydrogen) atoms. The van der Waals surface area contributed by atoms with Crippen LogP contribution in [0.2, 0.25) is 0 Å². The molecule has 1 aromatic rings. The van der Waals surface area contributed by atoms with Gasteiger partial charge in [0, 0.05) is 10.7 Å². The highest BCUT2D eigenvalue weighted by Gasteiger charge is 2.01. The Morgan fingerprint density at radius 3 is 2.79 bits per heavy atom. The number of hydrogen-bond donors (Lipinski definition) is 3. The van der Waals surface area contributed by atoms with Crippen LogP contribution >= 0.6 is 28.1 Å². The number of pyridine rings is 1. The number of aromatic nitrogens is 1. The van der Waals surface area contributed by atoms with Crippen molar-refractivity contribution < 1.29 is 9.90 Å². The zero-order valence-corrected chi connectivity index (χ0v) is 9.22. The van der Waals surface area contributed by atoms with Crippen LogP contribution in [0.4, 0.5) is 10.6 Å². The van der Waals surface area contributed by atoms with Crippen molar-refractivity contribution >= 4 is 45.2 Å². The summed E-state index contributed by atoms with van der Waals surface area (Å²) in [6, 6.07) is 3.43. The summed E-state index contributed by atoms with van der Waals surface area (Å²) in [7, 11) is 0. The molecular formula is C7H6BrN3O2S. The van der Waals surface area contributed by atoms with Gasteiger partial charge in [-0.1, -0.05) is 0 Å². The second-order valence-electron chi connectivity index (χ2n) is 2.25. The molecule has 0 aliphatic heterocycles. The van der Waals surface area contributed by atoms with Gasteiger partial charge >= 0.3 is 6.09 Å². The summed E-state index contributed by atoms with van der Waals surface area (Å²) in [5, 5.41) is 12.9. The third-order valence-corrected chi connectivity index (χ3v) is 1.86. The Kier molecular flexibility index (Phi) is 3.78. The predicted octanol–water partition coefficient (Wildman–Crippen LogP) is 1.81. The summed E-state index contributed by atoms with van der Waals surface area (Å²) < 4.78 is 0.833. The number of rotatable bonds is 1. The van der Waals surface area contributed by atoms with Crippen LogP contribution in [0.15, 0.2) is 22.8 Å². The molecule has 7 heteroatoms. The summed E-state index contributed by atoms with van der Waals surface area (Å²) in [5.41, 5.74) is 0. The highest BCUT2D eigenvalue weighted by Crippen LogP contribution is 2.09. The maximum Gasteiger partial charge on any atom is 0.410 e. The number of thiocarbonyl (C=S) groups is 1. The number of halogens is 1. The molecule has 1 rings (SSSR count). The van der Waals surface area contributed by atoms with Crippen LogP contribution in [-0.4, -0.2) is 21.3 Å². The summed E-state index contributed by atoms with van der Waals surface area (Å²) >= 11 is 7.91. The molecule has 0 bridgehead atoms. The van der Waals surface area contributed by atoms with Gasteiger partial charge < -0.3 is 10.4 Å². The van der Waals surface area contributed by atoms with E-state index in [4.69, 9.17) is 17.3 Å². The maximum atomic E-state index is 10.2. The van der Waals surface area contributed by atoms with Gasteiger partial charge in [-0.2, -0.15) is 0 Å². The molecule has 0 aliphatic carbocycles. The molecule has 0 fully saturated rings. The van der Waals surface area contributed by atoms with Crippen LogP contribution < -0.4 is 10.6 Å². The molecule has 0 unspecified atom stereocenters. The van der Waals surface area contributed by atoms with Gasteiger partial charge in [0.05, 0.1) is 0 Å². The van der Waals surface area contributed by atoms with Gasteiger partial charge in [0.25, 0.3) is 0 Å². The van der Waals surface area contributed by atoms with Crippen LogP contribution in [0, 0.1) is 0 Å². The molecule has 1 heterocycles. The molecule has 0 radical (unpaired) electrons. The molecule has 0 atom stereocenters. The number of carbonyl (C=O) groups is 1. The Labute approximate surface area is 93.7 Å². The van der Waals surface area contributed by atoms with Crippen molar-refractivity contribution in [3.05, 3.63) is 22.8 Å². The Morgan fingerprint density at radius 2 is 2.29 bits per heavy atom. The minimum absolute atomic E-state index is 0.00711. The van der Waals surface area contributed by atoms with Gasteiger partial charge in [0.1, 0.15) is 5.82 Å². The van der Waals surface area contributed by atoms with Crippen molar-refractivity contribution in [1.29, 1.82) is 0 Å². The van der Waals surface area contributed by atoms with Crippen molar-refractivity contribution in [2.45, 2.75) is 0 Å². The summed E-state index contributed by atoms with van der Waals surface area (Å²) in [4.78, 5) is 14.1. The van der Waals surface area contributed by atoms with E-state index in [2.05, 4.69) is 26.2 Å².